The Morgan fingerprint density at radius 1 is 0.357 bits per heavy atom. The van der Waals surface area contributed by atoms with Crippen molar-refractivity contribution in [2.24, 2.45) is 0 Å². The van der Waals surface area contributed by atoms with E-state index in [1.54, 1.807) is 0 Å². The van der Waals surface area contributed by atoms with E-state index in [1.165, 1.54) is 71.3 Å². The lowest BCUT2D eigenvalue weighted by Gasteiger charge is -2.28. The van der Waals surface area contributed by atoms with Gasteiger partial charge in [0.05, 0.1) is 11.4 Å². The number of rotatable bonds is 8. The van der Waals surface area contributed by atoms with E-state index in [0.29, 0.717) is 11.8 Å². The molecule has 0 aliphatic rings. The van der Waals surface area contributed by atoms with Crippen LogP contribution in [0, 0.1) is 0 Å². The number of benzene rings is 10. The normalized spacial score (nSPS) is 13.2. The minimum absolute atomic E-state index is 0.0773. The van der Waals surface area contributed by atoms with Crippen LogP contribution in [-0.4, -0.2) is 0 Å². The minimum Gasteiger partial charge on any atom is -0.455 e. The van der Waals surface area contributed by atoms with Gasteiger partial charge in [-0.15, -0.1) is 0 Å². The molecule has 1 unspecified atom stereocenters. The van der Waals surface area contributed by atoms with Gasteiger partial charge < -0.3 is 13.7 Å². The average Bonchev–Trinajstić information content (AvgIpc) is 3.93. The number of furan rings is 2. The second-order valence-corrected chi connectivity index (χ2v) is 22.4. The van der Waals surface area contributed by atoms with E-state index >= 15 is 0 Å². The monoisotopic (exact) mass is 911 g/mol. The summed E-state index contributed by atoms with van der Waals surface area (Å²) >= 11 is 0. The van der Waals surface area contributed by atoms with Crippen molar-refractivity contribution in [3.63, 3.8) is 0 Å². The van der Waals surface area contributed by atoms with Crippen LogP contribution in [0.4, 0.5) is 17.1 Å². The molecule has 0 aliphatic heterocycles. The zero-order valence-corrected chi connectivity index (χ0v) is 42.2. The zero-order valence-electron chi connectivity index (χ0n) is 42.2. The van der Waals surface area contributed by atoms with E-state index in [4.69, 9.17) is 8.83 Å². The SMILES string of the molecule is CC(C)c1ccc(C(c2ccc3ccc4c(N(c5ccc(C(C)C)cc5)c5cccc6c5oc5c(C(C)(C)C)cccc56)ccc5ccc2c3c54)c2cccc3c2oc2c(C(C)(C)C)cccc23)cc1. The third-order valence-corrected chi connectivity index (χ3v) is 15.2. The maximum absolute atomic E-state index is 7.16. The van der Waals surface area contributed by atoms with Crippen molar-refractivity contribution >= 4 is 93.3 Å². The number of hydrogen-bond donors (Lipinski definition) is 0. The molecule has 0 aliphatic carbocycles. The molecule has 10 aromatic carbocycles. The first-order chi connectivity index (χ1) is 33.7. The van der Waals surface area contributed by atoms with Gasteiger partial charge in [-0.1, -0.05) is 215 Å². The van der Waals surface area contributed by atoms with Crippen LogP contribution in [0.1, 0.15) is 126 Å². The maximum atomic E-state index is 7.16. The van der Waals surface area contributed by atoms with Crippen LogP contribution in [0.3, 0.4) is 0 Å². The fourth-order valence-corrected chi connectivity index (χ4v) is 11.5. The van der Waals surface area contributed by atoms with Crippen molar-refractivity contribution in [2.45, 2.75) is 97.8 Å². The first-order valence-electron chi connectivity index (χ1n) is 25.3. The van der Waals surface area contributed by atoms with Gasteiger partial charge in [-0.05, 0) is 96.1 Å². The Morgan fingerprint density at radius 3 is 1.40 bits per heavy atom. The maximum Gasteiger partial charge on any atom is 0.159 e. The molecule has 12 rings (SSSR count). The van der Waals surface area contributed by atoms with Crippen molar-refractivity contribution in [3.8, 4) is 0 Å². The van der Waals surface area contributed by atoms with Crippen LogP contribution >= 0.6 is 0 Å². The van der Waals surface area contributed by atoms with E-state index in [0.717, 1.165) is 60.9 Å². The molecular formula is C67H61NO2. The predicted octanol–water partition coefficient (Wildman–Crippen LogP) is 19.9. The summed E-state index contributed by atoms with van der Waals surface area (Å²) in [6.45, 7) is 22.7. The number of hydrogen-bond acceptors (Lipinski definition) is 3. The summed E-state index contributed by atoms with van der Waals surface area (Å²) in [5.41, 5.74) is 15.6. The van der Waals surface area contributed by atoms with Crippen molar-refractivity contribution in [3.05, 3.63) is 209 Å². The van der Waals surface area contributed by atoms with E-state index < -0.39 is 0 Å². The summed E-state index contributed by atoms with van der Waals surface area (Å²) in [6, 6.07) is 63.8. The topological polar surface area (TPSA) is 29.5 Å². The van der Waals surface area contributed by atoms with Gasteiger partial charge in [-0.25, -0.2) is 0 Å². The van der Waals surface area contributed by atoms with Crippen LogP contribution in [0.2, 0.25) is 0 Å². The lowest BCUT2D eigenvalue weighted by atomic mass is 9.80. The molecule has 0 amide bonds. The van der Waals surface area contributed by atoms with Gasteiger partial charge in [0.25, 0.3) is 0 Å². The average molecular weight is 912 g/mol. The molecule has 346 valence electrons. The number of fused-ring (bicyclic) bond motifs is 6. The third-order valence-electron chi connectivity index (χ3n) is 15.2. The molecule has 2 heterocycles. The Morgan fingerprint density at radius 2 is 0.814 bits per heavy atom. The highest BCUT2D eigenvalue weighted by atomic mass is 16.3. The first kappa shape index (κ1) is 43.9. The Balaban J connectivity index is 1.12. The molecule has 0 saturated carbocycles. The Bertz CT molecular complexity index is 3700. The number of anilines is 3. The van der Waals surface area contributed by atoms with Crippen molar-refractivity contribution in [1.29, 1.82) is 0 Å². The van der Waals surface area contributed by atoms with Crippen LogP contribution < -0.4 is 4.90 Å². The molecule has 12 aromatic rings. The van der Waals surface area contributed by atoms with E-state index in [1.807, 2.05) is 0 Å². The Kier molecular flexibility index (Phi) is 10.1. The molecule has 1 atom stereocenters. The third kappa shape index (κ3) is 6.91. The molecule has 0 spiro atoms. The van der Waals surface area contributed by atoms with Gasteiger partial charge in [-0.3, -0.25) is 0 Å². The summed E-state index contributed by atoms with van der Waals surface area (Å²) in [6.07, 6.45) is 0. The molecule has 3 heteroatoms. The molecular weight excluding hydrogens is 851 g/mol. The van der Waals surface area contributed by atoms with Crippen LogP contribution in [0.5, 0.6) is 0 Å². The number of nitrogens with zero attached hydrogens (tertiary/aromatic N) is 1. The van der Waals surface area contributed by atoms with Crippen molar-refractivity contribution < 1.29 is 8.83 Å². The molecule has 0 N–H and O–H groups in total. The van der Waals surface area contributed by atoms with Crippen molar-refractivity contribution in [2.75, 3.05) is 4.90 Å². The molecule has 0 radical (unpaired) electrons. The van der Waals surface area contributed by atoms with Gasteiger partial charge in [-0.2, -0.15) is 0 Å². The van der Waals surface area contributed by atoms with Crippen LogP contribution in [0.25, 0.3) is 76.2 Å². The summed E-state index contributed by atoms with van der Waals surface area (Å²) < 4.78 is 14.3. The first-order valence-corrected chi connectivity index (χ1v) is 25.3. The van der Waals surface area contributed by atoms with Gasteiger partial charge >= 0.3 is 0 Å². The summed E-state index contributed by atoms with van der Waals surface area (Å²) in [5, 5.41) is 12.0. The van der Waals surface area contributed by atoms with Gasteiger partial charge in [0.1, 0.15) is 16.7 Å². The van der Waals surface area contributed by atoms with E-state index in [-0.39, 0.29) is 16.7 Å². The highest BCUT2D eigenvalue weighted by Crippen LogP contribution is 2.50. The van der Waals surface area contributed by atoms with Crippen molar-refractivity contribution in [1.82, 2.24) is 0 Å². The second kappa shape index (κ2) is 16.1. The summed E-state index contributed by atoms with van der Waals surface area (Å²) in [4.78, 5) is 2.44. The molecule has 0 bridgehead atoms. The fraction of sp³-hybridized carbons (Fsp3) is 0.224. The standard InChI is InChI=1S/C67H61NO2/c1-39(2)41-23-25-43(26-24-41)59(54-19-11-15-49-50-16-12-20-55(66(5,6)7)63(50)69-62(49)54)47-35-29-44-31-37-53-57(38-32-45-30-36-48(47)60(44)61(45)53)68(46-33-27-42(28-34-46)40(3)4)58-22-14-18-52-51-17-13-21-56(67(8,9)10)64(51)70-65(52)58/h11-40,59H,1-10H3. The summed E-state index contributed by atoms with van der Waals surface area (Å²) in [7, 11) is 0. The van der Waals surface area contributed by atoms with Gasteiger partial charge in [0.2, 0.25) is 0 Å². The van der Waals surface area contributed by atoms with E-state index in [9.17, 15) is 0 Å². The highest BCUT2D eigenvalue weighted by Gasteiger charge is 2.29. The molecule has 0 saturated heterocycles. The van der Waals surface area contributed by atoms with Gasteiger partial charge in [0.15, 0.2) is 5.58 Å². The second-order valence-electron chi connectivity index (χ2n) is 22.4. The van der Waals surface area contributed by atoms with Crippen LogP contribution in [-0.2, 0) is 10.8 Å². The Labute approximate surface area is 411 Å². The Hall–Kier alpha value is -7.36. The molecule has 0 fully saturated rings. The lowest BCUT2D eigenvalue weighted by molar-refractivity contribution is 0.571. The molecule has 70 heavy (non-hydrogen) atoms. The molecule has 3 nitrogen and oxygen atoms in total. The highest BCUT2D eigenvalue weighted by molar-refractivity contribution is 6.27. The fourth-order valence-electron chi connectivity index (χ4n) is 11.5. The van der Waals surface area contributed by atoms with E-state index in [2.05, 4.69) is 244 Å². The predicted molar refractivity (Wildman–Crippen MR) is 299 cm³/mol. The van der Waals surface area contributed by atoms with Gasteiger partial charge in [0, 0.05) is 55.2 Å². The minimum atomic E-state index is -0.104. The smallest absolute Gasteiger partial charge is 0.159 e. The summed E-state index contributed by atoms with van der Waals surface area (Å²) in [5.74, 6) is 0.739. The molecule has 2 aromatic heterocycles. The zero-order chi connectivity index (χ0) is 48.4. The van der Waals surface area contributed by atoms with Crippen LogP contribution in [0.15, 0.2) is 179 Å². The number of para-hydroxylation sites is 4. The largest absolute Gasteiger partial charge is 0.455 e. The quantitative estimate of drug-likeness (QED) is 0.112. The lowest BCUT2D eigenvalue weighted by Crippen LogP contribution is -2.11.